The lowest BCUT2D eigenvalue weighted by atomic mass is 9.92. The number of aryl methyl sites for hydroxylation is 1. The highest BCUT2D eigenvalue weighted by Crippen LogP contribution is 2.23. The summed E-state index contributed by atoms with van der Waals surface area (Å²) in [5.41, 5.74) is 0. The number of piperidine rings is 1. The van der Waals surface area contributed by atoms with Crippen LogP contribution < -0.4 is 10.2 Å². The van der Waals surface area contributed by atoms with Gasteiger partial charge in [-0.05, 0) is 32.2 Å². The number of hydrogen-bond acceptors (Lipinski definition) is 3. The highest BCUT2D eigenvalue weighted by atomic mass is 15.3. The van der Waals surface area contributed by atoms with E-state index in [9.17, 15) is 0 Å². The highest BCUT2D eigenvalue weighted by molar-refractivity contribution is 5.31. The van der Waals surface area contributed by atoms with E-state index in [2.05, 4.69) is 40.7 Å². The van der Waals surface area contributed by atoms with Gasteiger partial charge in [-0.2, -0.15) is 0 Å². The smallest absolute Gasteiger partial charge is 0.205 e. The molecule has 4 heteroatoms. The first-order valence-electron chi connectivity index (χ1n) is 6.68. The van der Waals surface area contributed by atoms with Gasteiger partial charge >= 0.3 is 0 Å². The Morgan fingerprint density at radius 2 is 2.41 bits per heavy atom. The molecular formula is C13H24N4. The van der Waals surface area contributed by atoms with Gasteiger partial charge in [0.25, 0.3) is 0 Å². The molecule has 1 aliphatic rings. The summed E-state index contributed by atoms with van der Waals surface area (Å²) in [5, 5.41) is 3.54. The minimum Gasteiger partial charge on any atom is -0.342 e. The molecule has 2 heterocycles. The monoisotopic (exact) mass is 236 g/mol. The van der Waals surface area contributed by atoms with Crippen LogP contribution in [-0.4, -0.2) is 35.2 Å². The minimum atomic E-state index is 0.600. The van der Waals surface area contributed by atoms with Gasteiger partial charge in [0, 0.05) is 38.6 Å². The third kappa shape index (κ3) is 2.80. The van der Waals surface area contributed by atoms with Gasteiger partial charge in [-0.3, -0.25) is 0 Å². The fourth-order valence-corrected chi connectivity index (χ4v) is 2.75. The van der Waals surface area contributed by atoms with Gasteiger partial charge in [0.1, 0.15) is 0 Å². The summed E-state index contributed by atoms with van der Waals surface area (Å²) >= 11 is 0. The molecular weight excluding hydrogens is 212 g/mol. The van der Waals surface area contributed by atoms with E-state index in [0.29, 0.717) is 6.04 Å². The third-order valence-electron chi connectivity index (χ3n) is 3.77. The van der Waals surface area contributed by atoms with Gasteiger partial charge in [-0.25, -0.2) is 4.98 Å². The van der Waals surface area contributed by atoms with Crippen LogP contribution in [0.5, 0.6) is 0 Å². The second-order valence-corrected chi connectivity index (χ2v) is 5.03. The van der Waals surface area contributed by atoms with Crippen molar-refractivity contribution in [2.45, 2.75) is 32.7 Å². The van der Waals surface area contributed by atoms with Crippen molar-refractivity contribution in [1.29, 1.82) is 0 Å². The second kappa shape index (κ2) is 5.54. The Labute approximate surface area is 104 Å². The molecule has 2 rings (SSSR count). The standard InChI is InChI=1S/C13H24N4/c1-4-14-11(2)12-6-5-8-17(10-12)13-15-7-9-16(13)3/h7,9,11-12,14H,4-6,8,10H2,1-3H3. The molecule has 2 atom stereocenters. The van der Waals surface area contributed by atoms with Crippen LogP contribution in [0.15, 0.2) is 12.4 Å². The number of aromatic nitrogens is 2. The van der Waals surface area contributed by atoms with Crippen molar-refractivity contribution in [3.63, 3.8) is 0 Å². The molecule has 1 N–H and O–H groups in total. The molecule has 1 fully saturated rings. The molecule has 0 amide bonds. The Bertz CT molecular complexity index is 347. The summed E-state index contributed by atoms with van der Waals surface area (Å²) in [5.74, 6) is 1.85. The number of hydrogen-bond donors (Lipinski definition) is 1. The summed E-state index contributed by atoms with van der Waals surface area (Å²) in [7, 11) is 2.07. The number of anilines is 1. The zero-order valence-corrected chi connectivity index (χ0v) is 11.2. The van der Waals surface area contributed by atoms with Crippen molar-refractivity contribution in [1.82, 2.24) is 14.9 Å². The maximum absolute atomic E-state index is 4.45. The maximum Gasteiger partial charge on any atom is 0.205 e. The van der Waals surface area contributed by atoms with Crippen molar-refractivity contribution >= 4 is 5.95 Å². The summed E-state index contributed by atoms with van der Waals surface area (Å²) in [4.78, 5) is 6.87. The average Bonchev–Trinajstić information content (AvgIpc) is 2.76. The largest absolute Gasteiger partial charge is 0.342 e. The van der Waals surface area contributed by atoms with Gasteiger partial charge in [0.2, 0.25) is 5.95 Å². The third-order valence-corrected chi connectivity index (χ3v) is 3.77. The average molecular weight is 236 g/mol. The first-order valence-corrected chi connectivity index (χ1v) is 6.68. The number of imidazole rings is 1. The number of nitrogens with one attached hydrogen (secondary N) is 1. The Morgan fingerprint density at radius 1 is 1.59 bits per heavy atom. The van der Waals surface area contributed by atoms with E-state index in [1.54, 1.807) is 0 Å². The second-order valence-electron chi connectivity index (χ2n) is 5.03. The van der Waals surface area contributed by atoms with Crippen LogP contribution in [0.4, 0.5) is 5.95 Å². The first kappa shape index (κ1) is 12.4. The molecule has 0 aliphatic carbocycles. The SMILES string of the molecule is CCNC(C)C1CCCN(c2nccn2C)C1. The van der Waals surface area contributed by atoms with Gasteiger partial charge in [0.15, 0.2) is 0 Å². The number of nitrogens with zero attached hydrogens (tertiary/aromatic N) is 3. The molecule has 4 nitrogen and oxygen atoms in total. The van der Waals surface area contributed by atoms with Crippen molar-refractivity contribution in [2.24, 2.45) is 13.0 Å². The number of rotatable bonds is 4. The van der Waals surface area contributed by atoms with Crippen LogP contribution in [0.1, 0.15) is 26.7 Å². The Kier molecular flexibility index (Phi) is 4.05. The van der Waals surface area contributed by atoms with Crippen LogP contribution in [0, 0.1) is 5.92 Å². The predicted molar refractivity (Wildman–Crippen MR) is 71.3 cm³/mol. The quantitative estimate of drug-likeness (QED) is 0.862. The Hall–Kier alpha value is -1.03. The van der Waals surface area contributed by atoms with E-state index >= 15 is 0 Å². The van der Waals surface area contributed by atoms with Gasteiger partial charge in [-0.15, -0.1) is 0 Å². The molecule has 96 valence electrons. The molecule has 1 saturated heterocycles. The maximum atomic E-state index is 4.45. The van der Waals surface area contributed by atoms with Crippen LogP contribution >= 0.6 is 0 Å². The van der Waals surface area contributed by atoms with Gasteiger partial charge in [-0.1, -0.05) is 6.92 Å². The van der Waals surface area contributed by atoms with Gasteiger partial charge < -0.3 is 14.8 Å². The van der Waals surface area contributed by atoms with E-state index in [4.69, 9.17) is 0 Å². The van der Waals surface area contributed by atoms with E-state index in [1.165, 1.54) is 12.8 Å². The molecule has 1 aromatic heterocycles. The van der Waals surface area contributed by atoms with Crippen LogP contribution in [0.3, 0.4) is 0 Å². The van der Waals surface area contributed by atoms with Gasteiger partial charge in [0.05, 0.1) is 0 Å². The minimum absolute atomic E-state index is 0.600. The lowest BCUT2D eigenvalue weighted by Gasteiger charge is -2.36. The molecule has 0 spiro atoms. The van der Waals surface area contributed by atoms with Crippen LogP contribution in [-0.2, 0) is 7.05 Å². The van der Waals surface area contributed by atoms with Crippen molar-refractivity contribution in [3.05, 3.63) is 12.4 Å². The molecule has 1 aliphatic heterocycles. The zero-order chi connectivity index (χ0) is 12.3. The predicted octanol–water partition coefficient (Wildman–Crippen LogP) is 1.63. The molecule has 0 bridgehead atoms. The molecule has 2 unspecified atom stereocenters. The van der Waals surface area contributed by atoms with Crippen LogP contribution in [0.2, 0.25) is 0 Å². The Morgan fingerprint density at radius 3 is 3.06 bits per heavy atom. The lowest BCUT2D eigenvalue weighted by molar-refractivity contribution is 0.321. The topological polar surface area (TPSA) is 33.1 Å². The summed E-state index contributed by atoms with van der Waals surface area (Å²) in [6, 6.07) is 0.600. The molecule has 17 heavy (non-hydrogen) atoms. The normalized spacial score (nSPS) is 22.8. The zero-order valence-electron chi connectivity index (χ0n) is 11.2. The van der Waals surface area contributed by atoms with Crippen molar-refractivity contribution in [2.75, 3.05) is 24.5 Å². The van der Waals surface area contributed by atoms with Crippen molar-refractivity contribution in [3.8, 4) is 0 Å². The van der Waals surface area contributed by atoms with Crippen molar-refractivity contribution < 1.29 is 0 Å². The molecule has 0 saturated carbocycles. The first-order chi connectivity index (χ1) is 8.22. The molecule has 0 aromatic carbocycles. The Balaban J connectivity index is 2.00. The molecule has 1 aromatic rings. The summed E-state index contributed by atoms with van der Waals surface area (Å²) in [6.07, 6.45) is 6.50. The van der Waals surface area contributed by atoms with E-state index in [0.717, 1.165) is 31.5 Å². The van der Waals surface area contributed by atoms with Crippen LogP contribution in [0.25, 0.3) is 0 Å². The molecule has 0 radical (unpaired) electrons. The highest BCUT2D eigenvalue weighted by Gasteiger charge is 2.25. The summed E-state index contributed by atoms with van der Waals surface area (Å²) < 4.78 is 2.11. The fraction of sp³-hybridized carbons (Fsp3) is 0.769. The van der Waals surface area contributed by atoms with E-state index in [-0.39, 0.29) is 0 Å². The van der Waals surface area contributed by atoms with E-state index < -0.39 is 0 Å². The summed E-state index contributed by atoms with van der Waals surface area (Å²) in [6.45, 7) is 7.80. The van der Waals surface area contributed by atoms with E-state index in [1.807, 2.05) is 12.4 Å². The lowest BCUT2D eigenvalue weighted by Crippen LogP contribution is -2.45. The fourth-order valence-electron chi connectivity index (χ4n) is 2.75.